The smallest absolute Gasteiger partial charge is 0.200 e. The van der Waals surface area contributed by atoms with Crippen molar-refractivity contribution < 1.29 is 35.9 Å². The Morgan fingerprint density at radius 3 is 1.52 bits per heavy atom. The highest BCUT2D eigenvalue weighted by Gasteiger charge is 2.10. The molecular weight excluding hydrogens is 336 g/mol. The van der Waals surface area contributed by atoms with Crippen LogP contribution in [-0.2, 0) is 0 Å². The maximum Gasteiger partial charge on any atom is 0.200 e. The molecule has 2 rings (SSSR count). The third kappa shape index (κ3) is 4.72. The van der Waals surface area contributed by atoms with E-state index >= 15 is 0 Å². The van der Waals surface area contributed by atoms with Crippen molar-refractivity contribution in [1.29, 1.82) is 0 Å². The zero-order chi connectivity index (χ0) is 19.1. The molecular formula is C14H16N4O7. The van der Waals surface area contributed by atoms with E-state index in [9.17, 15) is 0 Å². The first-order valence-corrected chi connectivity index (χ1v) is 6.44. The Labute approximate surface area is 140 Å². The standard InChI is InChI=1S/C7H8N2O4.C7H8N2O3/c8-7(9-13)3-1-4(10)6(12)5(11)2-3;8-7(9-12)4-1-2-5(10)6(11)3-4/h1-2,10-13H,(H2,8,9);1-3,10-12H,(H2,8,9). The van der Waals surface area contributed by atoms with Crippen molar-refractivity contribution in [3.63, 3.8) is 0 Å². The number of aromatic hydroxyl groups is 5. The molecule has 11 N–H and O–H groups in total. The van der Waals surface area contributed by atoms with Crippen molar-refractivity contribution in [2.45, 2.75) is 0 Å². The van der Waals surface area contributed by atoms with Crippen LogP contribution in [0.25, 0.3) is 0 Å². The fourth-order valence-electron chi connectivity index (χ4n) is 1.55. The molecule has 0 unspecified atom stereocenters. The molecule has 0 radical (unpaired) electrons. The normalized spacial score (nSPS) is 11.5. The largest absolute Gasteiger partial charge is 0.504 e. The quantitative estimate of drug-likeness (QED) is 0.117. The average Bonchev–Trinajstić information content (AvgIpc) is 2.60. The van der Waals surface area contributed by atoms with Gasteiger partial charge in [-0.2, -0.15) is 0 Å². The lowest BCUT2D eigenvalue weighted by Gasteiger charge is -2.03. The van der Waals surface area contributed by atoms with E-state index in [1.807, 2.05) is 0 Å². The van der Waals surface area contributed by atoms with Crippen LogP contribution in [0.4, 0.5) is 0 Å². The molecule has 0 saturated heterocycles. The number of hydrogen-bond acceptors (Lipinski definition) is 9. The van der Waals surface area contributed by atoms with Crippen molar-refractivity contribution >= 4 is 11.7 Å². The van der Waals surface area contributed by atoms with Gasteiger partial charge in [-0.3, -0.25) is 0 Å². The fourth-order valence-corrected chi connectivity index (χ4v) is 1.55. The molecule has 0 fully saturated rings. The highest BCUT2D eigenvalue weighted by molar-refractivity contribution is 5.98. The summed E-state index contributed by atoms with van der Waals surface area (Å²) >= 11 is 0. The van der Waals surface area contributed by atoms with Crippen LogP contribution in [0.3, 0.4) is 0 Å². The van der Waals surface area contributed by atoms with Crippen LogP contribution in [-0.4, -0.2) is 47.6 Å². The van der Waals surface area contributed by atoms with Crippen LogP contribution in [0.15, 0.2) is 40.6 Å². The Bertz CT molecular complexity index is 798. The van der Waals surface area contributed by atoms with Gasteiger partial charge in [-0.15, -0.1) is 0 Å². The topological polar surface area (TPSA) is 218 Å². The van der Waals surface area contributed by atoms with Crippen molar-refractivity contribution in [2.24, 2.45) is 21.8 Å². The number of nitrogens with zero attached hydrogens (tertiary/aromatic N) is 2. The first-order valence-electron chi connectivity index (χ1n) is 6.44. The van der Waals surface area contributed by atoms with Crippen molar-refractivity contribution in [3.05, 3.63) is 41.5 Å². The number of nitrogens with two attached hydrogens (primary N) is 2. The number of hydrogen-bond donors (Lipinski definition) is 9. The minimum atomic E-state index is -0.644. The highest BCUT2D eigenvalue weighted by atomic mass is 16.4. The molecule has 134 valence electrons. The Balaban J connectivity index is 0.000000251. The summed E-state index contributed by atoms with van der Waals surface area (Å²) < 4.78 is 0. The molecule has 0 spiro atoms. The van der Waals surface area contributed by atoms with Gasteiger partial charge in [0.05, 0.1) is 0 Å². The maximum absolute atomic E-state index is 9.02. The van der Waals surface area contributed by atoms with E-state index in [0.29, 0.717) is 5.56 Å². The molecule has 25 heavy (non-hydrogen) atoms. The van der Waals surface area contributed by atoms with E-state index in [4.69, 9.17) is 47.4 Å². The first-order chi connectivity index (χ1) is 11.7. The Kier molecular flexibility index (Phi) is 6.09. The van der Waals surface area contributed by atoms with Gasteiger partial charge in [0.2, 0.25) is 0 Å². The Morgan fingerprint density at radius 2 is 1.08 bits per heavy atom. The number of phenols is 5. The zero-order valence-corrected chi connectivity index (χ0v) is 12.6. The lowest BCUT2D eigenvalue weighted by atomic mass is 10.1. The molecule has 0 amide bonds. The van der Waals surface area contributed by atoms with E-state index in [0.717, 1.165) is 12.1 Å². The zero-order valence-electron chi connectivity index (χ0n) is 12.6. The molecule has 0 bridgehead atoms. The third-order valence-electron chi connectivity index (χ3n) is 2.85. The number of phenolic OH excluding ortho intramolecular Hbond substituents is 5. The maximum atomic E-state index is 9.02. The first kappa shape index (κ1) is 19.0. The summed E-state index contributed by atoms with van der Waals surface area (Å²) in [6.07, 6.45) is 0. The number of rotatable bonds is 2. The number of benzene rings is 2. The van der Waals surface area contributed by atoms with E-state index in [1.165, 1.54) is 18.2 Å². The summed E-state index contributed by atoms with van der Waals surface area (Å²) in [6, 6.07) is 5.99. The Hall–Kier alpha value is -4.02. The summed E-state index contributed by atoms with van der Waals surface area (Å²) in [5.74, 6) is -2.67. The van der Waals surface area contributed by atoms with Crippen LogP contribution >= 0.6 is 0 Å². The van der Waals surface area contributed by atoms with Crippen LogP contribution in [0.5, 0.6) is 28.7 Å². The minimum Gasteiger partial charge on any atom is -0.504 e. The minimum absolute atomic E-state index is 0.107. The summed E-state index contributed by atoms with van der Waals surface area (Å²) in [6.45, 7) is 0. The van der Waals surface area contributed by atoms with Crippen LogP contribution in [0.2, 0.25) is 0 Å². The monoisotopic (exact) mass is 352 g/mol. The molecule has 0 atom stereocenters. The van der Waals surface area contributed by atoms with Crippen LogP contribution in [0, 0.1) is 0 Å². The molecule has 0 aliphatic heterocycles. The van der Waals surface area contributed by atoms with E-state index in [2.05, 4.69) is 10.3 Å². The SMILES string of the molecule is NC(=NO)c1cc(O)c(O)c(O)c1.NC(=NO)c1ccc(O)c(O)c1. The molecule has 11 nitrogen and oxygen atoms in total. The molecule has 0 aliphatic rings. The van der Waals surface area contributed by atoms with E-state index < -0.39 is 17.2 Å². The summed E-state index contributed by atoms with van der Waals surface area (Å²) in [5, 5.41) is 66.8. The summed E-state index contributed by atoms with van der Waals surface area (Å²) in [7, 11) is 0. The van der Waals surface area contributed by atoms with Crippen LogP contribution in [0.1, 0.15) is 11.1 Å². The Morgan fingerprint density at radius 1 is 0.640 bits per heavy atom. The van der Waals surface area contributed by atoms with E-state index in [-0.39, 0.29) is 28.7 Å². The highest BCUT2D eigenvalue weighted by Crippen LogP contribution is 2.35. The van der Waals surface area contributed by atoms with Gasteiger partial charge in [-0.25, -0.2) is 0 Å². The van der Waals surface area contributed by atoms with Crippen molar-refractivity contribution in [2.75, 3.05) is 0 Å². The predicted molar refractivity (Wildman–Crippen MR) is 86.2 cm³/mol. The second-order valence-electron chi connectivity index (χ2n) is 4.54. The molecule has 2 aromatic rings. The lowest BCUT2D eigenvalue weighted by molar-refractivity contribution is 0.318. The van der Waals surface area contributed by atoms with Gasteiger partial charge in [-0.05, 0) is 30.3 Å². The van der Waals surface area contributed by atoms with Gasteiger partial charge in [0.1, 0.15) is 0 Å². The summed E-state index contributed by atoms with van der Waals surface area (Å²) in [4.78, 5) is 0. The molecule has 11 heteroatoms. The number of oxime groups is 2. The third-order valence-corrected chi connectivity index (χ3v) is 2.85. The predicted octanol–water partition coefficient (Wildman–Crippen LogP) is 0.0902. The van der Waals surface area contributed by atoms with Gasteiger partial charge in [0, 0.05) is 11.1 Å². The van der Waals surface area contributed by atoms with Crippen molar-refractivity contribution in [1.82, 2.24) is 0 Å². The van der Waals surface area contributed by atoms with E-state index in [1.54, 1.807) is 0 Å². The van der Waals surface area contributed by atoms with Crippen LogP contribution < -0.4 is 11.5 Å². The van der Waals surface area contributed by atoms with Gasteiger partial charge < -0.3 is 47.4 Å². The molecule has 2 aromatic carbocycles. The van der Waals surface area contributed by atoms with Gasteiger partial charge in [0.25, 0.3) is 0 Å². The second-order valence-corrected chi connectivity index (χ2v) is 4.54. The lowest BCUT2D eigenvalue weighted by Crippen LogP contribution is -2.12. The van der Waals surface area contributed by atoms with Gasteiger partial charge in [0.15, 0.2) is 40.4 Å². The average molecular weight is 352 g/mol. The summed E-state index contributed by atoms with van der Waals surface area (Å²) in [5.41, 5.74) is 10.8. The van der Waals surface area contributed by atoms with Gasteiger partial charge >= 0.3 is 0 Å². The fraction of sp³-hybridized carbons (Fsp3) is 0. The molecule has 0 aliphatic carbocycles. The molecule has 0 saturated carbocycles. The second kappa shape index (κ2) is 8.01. The van der Waals surface area contributed by atoms with Crippen molar-refractivity contribution in [3.8, 4) is 28.7 Å². The molecule has 0 aromatic heterocycles. The molecule has 0 heterocycles. The number of amidine groups is 2. The van der Waals surface area contributed by atoms with Gasteiger partial charge in [-0.1, -0.05) is 10.3 Å².